The van der Waals surface area contributed by atoms with E-state index in [0.29, 0.717) is 5.56 Å². The molecule has 2 rings (SSSR count). The third-order valence-electron chi connectivity index (χ3n) is 2.88. The van der Waals surface area contributed by atoms with Gasteiger partial charge in [-0.2, -0.15) is 26.3 Å². The lowest BCUT2D eigenvalue weighted by Crippen LogP contribution is -2.56. The lowest BCUT2D eigenvalue weighted by Gasteiger charge is -2.28. The maximum atomic E-state index is 12.8. The number of halogens is 6. The molecule has 0 bridgehead atoms. The highest BCUT2D eigenvalue weighted by Crippen LogP contribution is 2.48. The van der Waals surface area contributed by atoms with Crippen molar-refractivity contribution < 1.29 is 31.2 Å². The van der Waals surface area contributed by atoms with Gasteiger partial charge in [0.05, 0.1) is 6.54 Å². The SMILES string of the molecule is [N-]=[N+]=NCc1ccc(C2=NC(C(F)(F)F)(C(F)(F)F)ON2)cc1. The molecular formula is C11H7F6N5O. The van der Waals surface area contributed by atoms with Crippen LogP contribution in [-0.4, -0.2) is 23.9 Å². The third-order valence-corrected chi connectivity index (χ3v) is 2.88. The van der Waals surface area contributed by atoms with Gasteiger partial charge in [-0.25, -0.2) is 15.3 Å². The molecule has 12 heteroatoms. The molecule has 23 heavy (non-hydrogen) atoms. The van der Waals surface area contributed by atoms with Gasteiger partial charge >= 0.3 is 18.1 Å². The number of benzene rings is 1. The Labute approximate surface area is 124 Å². The van der Waals surface area contributed by atoms with Crippen molar-refractivity contribution in [1.82, 2.24) is 5.48 Å². The number of rotatable bonds is 3. The van der Waals surface area contributed by atoms with Crippen LogP contribution in [0.25, 0.3) is 10.4 Å². The summed E-state index contributed by atoms with van der Waals surface area (Å²) in [4.78, 5) is 8.96. The number of alkyl halides is 6. The zero-order valence-corrected chi connectivity index (χ0v) is 11.0. The summed E-state index contributed by atoms with van der Waals surface area (Å²) in [5.41, 5.74) is 5.55. The van der Waals surface area contributed by atoms with E-state index >= 15 is 0 Å². The summed E-state index contributed by atoms with van der Waals surface area (Å²) >= 11 is 0. The Morgan fingerprint density at radius 3 is 2.13 bits per heavy atom. The summed E-state index contributed by atoms with van der Waals surface area (Å²) in [5, 5.41) is 3.27. The third kappa shape index (κ3) is 3.03. The van der Waals surface area contributed by atoms with Gasteiger partial charge in [-0.3, -0.25) is 0 Å². The fraction of sp³-hybridized carbons (Fsp3) is 0.364. The normalized spacial score (nSPS) is 17.2. The Morgan fingerprint density at radius 1 is 1.13 bits per heavy atom. The average molecular weight is 339 g/mol. The van der Waals surface area contributed by atoms with Crippen molar-refractivity contribution in [1.29, 1.82) is 0 Å². The number of aliphatic imine (C=N–C) groups is 1. The molecule has 1 aromatic rings. The van der Waals surface area contributed by atoms with Crippen LogP contribution >= 0.6 is 0 Å². The van der Waals surface area contributed by atoms with Crippen LogP contribution in [0.5, 0.6) is 0 Å². The molecule has 0 atom stereocenters. The second kappa shape index (κ2) is 5.63. The minimum atomic E-state index is -5.79. The second-order valence-electron chi connectivity index (χ2n) is 4.39. The molecule has 1 aliphatic heterocycles. The van der Waals surface area contributed by atoms with Crippen molar-refractivity contribution in [2.75, 3.05) is 0 Å². The predicted molar refractivity (Wildman–Crippen MR) is 64.9 cm³/mol. The van der Waals surface area contributed by atoms with Gasteiger partial charge in [0.15, 0.2) is 5.84 Å². The maximum Gasteiger partial charge on any atom is 0.450 e. The van der Waals surface area contributed by atoms with E-state index in [0.717, 1.165) is 0 Å². The number of hydrogen-bond donors (Lipinski definition) is 1. The van der Waals surface area contributed by atoms with Gasteiger partial charge < -0.3 is 0 Å². The minimum absolute atomic E-state index is 0.0117. The molecule has 1 heterocycles. The van der Waals surface area contributed by atoms with Crippen molar-refractivity contribution >= 4 is 5.84 Å². The Kier molecular flexibility index (Phi) is 4.14. The molecule has 6 nitrogen and oxygen atoms in total. The standard InChI is InChI=1S/C11H7F6N5O/c12-10(13,14)9(11(15,16)17)20-8(21-23-9)7-3-1-6(2-4-7)5-19-22-18/h1-4H,5H2,(H,20,21). The first kappa shape index (κ1) is 16.9. The van der Waals surface area contributed by atoms with Gasteiger partial charge in [-0.05, 0) is 11.1 Å². The van der Waals surface area contributed by atoms with Crippen LogP contribution in [0.3, 0.4) is 0 Å². The molecule has 0 aromatic heterocycles. The molecule has 0 unspecified atom stereocenters. The van der Waals surface area contributed by atoms with E-state index < -0.39 is 23.9 Å². The maximum absolute atomic E-state index is 12.8. The molecule has 0 spiro atoms. The fourth-order valence-corrected chi connectivity index (χ4v) is 1.73. The highest BCUT2D eigenvalue weighted by atomic mass is 19.4. The largest absolute Gasteiger partial charge is 0.450 e. The molecular weight excluding hydrogens is 332 g/mol. The second-order valence-corrected chi connectivity index (χ2v) is 4.39. The smallest absolute Gasteiger partial charge is 0.245 e. The summed E-state index contributed by atoms with van der Waals surface area (Å²) in [6.07, 6.45) is -11.6. The van der Waals surface area contributed by atoms with Crippen LogP contribution in [0.4, 0.5) is 26.3 Å². The first-order chi connectivity index (χ1) is 10.6. The number of hydroxylamine groups is 1. The van der Waals surface area contributed by atoms with Gasteiger partial charge in [-0.15, -0.1) is 0 Å². The first-order valence-corrected chi connectivity index (χ1v) is 5.88. The number of nitrogens with zero attached hydrogens (tertiary/aromatic N) is 4. The quantitative estimate of drug-likeness (QED) is 0.395. The lowest BCUT2D eigenvalue weighted by atomic mass is 10.1. The van der Waals surface area contributed by atoms with Crippen molar-refractivity contribution in [2.24, 2.45) is 10.1 Å². The van der Waals surface area contributed by atoms with E-state index in [4.69, 9.17) is 5.53 Å². The van der Waals surface area contributed by atoms with E-state index in [9.17, 15) is 26.3 Å². The molecule has 0 amide bonds. The summed E-state index contributed by atoms with van der Waals surface area (Å²) in [5.74, 6) is -0.713. The highest BCUT2D eigenvalue weighted by Gasteiger charge is 2.76. The highest BCUT2D eigenvalue weighted by molar-refractivity contribution is 5.99. The van der Waals surface area contributed by atoms with Crippen LogP contribution in [0, 0.1) is 0 Å². The predicted octanol–water partition coefficient (Wildman–Crippen LogP) is 3.60. The van der Waals surface area contributed by atoms with E-state index in [1.165, 1.54) is 24.3 Å². The zero-order chi connectivity index (χ0) is 17.3. The summed E-state index contributed by atoms with van der Waals surface area (Å²) in [6, 6.07) is 5.19. The van der Waals surface area contributed by atoms with Gasteiger partial charge in [0.2, 0.25) is 0 Å². The van der Waals surface area contributed by atoms with Crippen LogP contribution in [0.2, 0.25) is 0 Å². The minimum Gasteiger partial charge on any atom is -0.245 e. The first-order valence-electron chi connectivity index (χ1n) is 5.88. The number of amidine groups is 1. The van der Waals surface area contributed by atoms with Crippen LogP contribution < -0.4 is 5.48 Å². The van der Waals surface area contributed by atoms with E-state index in [1.807, 2.05) is 0 Å². The van der Waals surface area contributed by atoms with Crippen LogP contribution in [0.1, 0.15) is 11.1 Å². The van der Waals surface area contributed by atoms with Crippen molar-refractivity contribution in [3.8, 4) is 0 Å². The topological polar surface area (TPSA) is 82.4 Å². The molecule has 0 saturated heterocycles. The zero-order valence-electron chi connectivity index (χ0n) is 11.0. The Bertz CT molecular complexity index is 645. The molecule has 0 saturated carbocycles. The van der Waals surface area contributed by atoms with Gasteiger partial charge in [0.1, 0.15) is 0 Å². The van der Waals surface area contributed by atoms with E-state index in [2.05, 4.69) is 19.9 Å². The summed E-state index contributed by atoms with van der Waals surface area (Å²) < 4.78 is 76.6. The van der Waals surface area contributed by atoms with Crippen LogP contribution in [0.15, 0.2) is 34.4 Å². The number of nitrogens with one attached hydrogen (secondary N) is 1. The van der Waals surface area contributed by atoms with E-state index in [-0.39, 0.29) is 12.1 Å². The molecule has 0 fully saturated rings. The number of hydrogen-bond acceptors (Lipinski definition) is 4. The summed E-state index contributed by atoms with van der Waals surface area (Å²) in [7, 11) is 0. The number of azide groups is 1. The van der Waals surface area contributed by atoms with Crippen molar-refractivity contribution in [2.45, 2.75) is 24.6 Å². The molecule has 1 aromatic carbocycles. The Morgan fingerprint density at radius 2 is 1.70 bits per heavy atom. The average Bonchev–Trinajstić information content (AvgIpc) is 2.91. The van der Waals surface area contributed by atoms with Gasteiger partial charge in [0.25, 0.3) is 0 Å². The van der Waals surface area contributed by atoms with Crippen molar-refractivity contribution in [3.63, 3.8) is 0 Å². The van der Waals surface area contributed by atoms with Gasteiger partial charge in [0, 0.05) is 10.5 Å². The molecule has 0 aliphatic carbocycles. The monoisotopic (exact) mass is 339 g/mol. The molecule has 1 aliphatic rings. The van der Waals surface area contributed by atoms with Crippen molar-refractivity contribution in [3.05, 3.63) is 45.8 Å². The molecule has 124 valence electrons. The van der Waals surface area contributed by atoms with Gasteiger partial charge in [-0.1, -0.05) is 29.4 Å². The lowest BCUT2D eigenvalue weighted by molar-refractivity contribution is -0.379. The Balaban J connectivity index is 2.36. The van der Waals surface area contributed by atoms with Crippen LogP contribution in [-0.2, 0) is 11.4 Å². The molecule has 1 N–H and O–H groups in total. The van der Waals surface area contributed by atoms with E-state index in [1.54, 1.807) is 5.48 Å². The summed E-state index contributed by atoms with van der Waals surface area (Å²) in [6.45, 7) is -0.0117. The molecule has 0 radical (unpaired) electrons. The Hall–Kier alpha value is -2.46. The fourth-order valence-electron chi connectivity index (χ4n) is 1.73.